The minimum atomic E-state index is -0.598. The average molecular weight is 575 g/mol. The van der Waals surface area contributed by atoms with Crippen LogP contribution in [0.15, 0.2) is 0 Å². The lowest BCUT2D eigenvalue weighted by Gasteiger charge is -2.13. The van der Waals surface area contributed by atoms with Gasteiger partial charge in [0, 0.05) is 12.7 Å². The van der Waals surface area contributed by atoms with Gasteiger partial charge >= 0.3 is 0 Å². The Bertz CT molecular complexity index is 461. The second kappa shape index (κ2) is 5.65. The number of nitrogen functional groups attached to an aromatic ring is 1. The molecule has 0 bridgehead atoms. The van der Waals surface area contributed by atoms with Crippen molar-refractivity contribution in [3.8, 4) is 0 Å². The summed E-state index contributed by atoms with van der Waals surface area (Å²) in [5.41, 5.74) is 7.05. The summed E-state index contributed by atoms with van der Waals surface area (Å²) >= 11 is 11.4. The Kier molecular flexibility index (Phi) is 5.26. The fourth-order valence-electron chi connectivity index (χ4n) is 1.17. The molecule has 0 spiro atoms. The molecule has 3 nitrogen and oxygen atoms in total. The van der Waals surface area contributed by atoms with Crippen LogP contribution in [0.25, 0.3) is 0 Å². The van der Waals surface area contributed by atoms with Crippen LogP contribution in [0, 0.1) is 10.7 Å². The Hall–Kier alpha value is 0.840. The third-order valence-electron chi connectivity index (χ3n) is 1.90. The van der Waals surface area contributed by atoms with Crippen molar-refractivity contribution in [1.29, 1.82) is 0 Å². The van der Waals surface area contributed by atoms with Gasteiger partial charge in [0.25, 0.3) is 5.24 Å². The first kappa shape index (κ1) is 14.9. The van der Waals surface area contributed by atoms with Crippen molar-refractivity contribution in [1.82, 2.24) is 0 Å². The van der Waals surface area contributed by atoms with Gasteiger partial charge in [-0.05, 0) is 86.3 Å². The number of carbonyl (C=O) groups is 2. The van der Waals surface area contributed by atoms with Crippen molar-refractivity contribution >= 4 is 96.1 Å². The highest BCUT2D eigenvalue weighted by Gasteiger charge is 2.23. The normalized spacial score (nSPS) is 10.3. The molecule has 0 aliphatic heterocycles. The monoisotopic (exact) mass is 575 g/mol. The molecule has 1 aromatic carbocycles. The maximum absolute atomic E-state index is 11.5. The van der Waals surface area contributed by atoms with E-state index < -0.39 is 5.24 Å². The maximum Gasteiger partial charge on any atom is 0.254 e. The molecule has 86 valence electrons. The van der Waals surface area contributed by atoms with Crippen molar-refractivity contribution < 1.29 is 9.59 Å². The molecule has 7 heteroatoms. The highest BCUT2D eigenvalue weighted by Crippen LogP contribution is 2.34. The first-order chi connectivity index (χ1) is 7.29. The van der Waals surface area contributed by atoms with Gasteiger partial charge in [-0.1, -0.05) is 0 Å². The molecule has 16 heavy (non-hydrogen) atoms. The topological polar surface area (TPSA) is 60.2 Å². The number of anilines is 1. The van der Waals surface area contributed by atoms with Crippen LogP contribution in [0.2, 0.25) is 0 Å². The Morgan fingerprint density at radius 1 is 1.06 bits per heavy atom. The zero-order chi connectivity index (χ0) is 12.6. The molecule has 1 rings (SSSR count). The van der Waals surface area contributed by atoms with Gasteiger partial charge in [0.15, 0.2) is 5.78 Å². The van der Waals surface area contributed by atoms with Gasteiger partial charge in [-0.15, -0.1) is 0 Å². The largest absolute Gasteiger partial charge is 0.397 e. The molecule has 0 saturated heterocycles. The van der Waals surface area contributed by atoms with Crippen LogP contribution < -0.4 is 5.73 Å². The minimum absolute atomic E-state index is 0.129. The fraction of sp³-hybridized carbons (Fsp3) is 0.111. The van der Waals surface area contributed by atoms with Crippen molar-refractivity contribution in [3.05, 3.63) is 21.8 Å². The van der Waals surface area contributed by atoms with Crippen LogP contribution in [0.1, 0.15) is 27.6 Å². The van der Waals surface area contributed by atoms with Gasteiger partial charge in [0.1, 0.15) is 0 Å². The molecule has 0 aliphatic carbocycles. The molecule has 0 radical (unpaired) electrons. The molecular weight excluding hydrogens is 570 g/mol. The minimum Gasteiger partial charge on any atom is -0.397 e. The predicted molar refractivity (Wildman–Crippen MR) is 89.2 cm³/mol. The second-order valence-electron chi connectivity index (χ2n) is 2.94. The van der Waals surface area contributed by atoms with Gasteiger partial charge in [0.2, 0.25) is 0 Å². The Morgan fingerprint density at radius 2 is 1.50 bits per heavy atom. The lowest BCUT2D eigenvalue weighted by molar-refractivity contribution is 0.101. The molecule has 0 heterocycles. The predicted octanol–water partition coefficient (Wildman–Crippen LogP) is 3.66. The van der Waals surface area contributed by atoms with E-state index in [0.717, 1.165) is 0 Å². The van der Waals surface area contributed by atoms with E-state index in [1.807, 2.05) is 67.8 Å². The molecule has 0 unspecified atom stereocenters. The van der Waals surface area contributed by atoms with E-state index in [4.69, 9.17) is 17.3 Å². The van der Waals surface area contributed by atoms with Crippen LogP contribution in [-0.4, -0.2) is 11.0 Å². The van der Waals surface area contributed by atoms with Crippen LogP contribution in [0.5, 0.6) is 0 Å². The first-order valence-electron chi connectivity index (χ1n) is 3.95. The third kappa shape index (κ3) is 2.64. The third-order valence-corrected chi connectivity index (χ3v) is 5.41. The highest BCUT2D eigenvalue weighted by atomic mass is 127. The Labute approximate surface area is 138 Å². The summed E-state index contributed by atoms with van der Waals surface area (Å²) in [5.74, 6) is -0.129. The number of hydrogen-bond acceptors (Lipinski definition) is 3. The molecule has 1 aromatic rings. The average Bonchev–Trinajstić information content (AvgIpc) is 2.13. The number of rotatable bonds is 2. The molecule has 0 aromatic heterocycles. The van der Waals surface area contributed by atoms with Gasteiger partial charge < -0.3 is 5.73 Å². The number of nitrogens with two attached hydrogens (primary N) is 1. The zero-order valence-electron chi connectivity index (χ0n) is 7.91. The second-order valence-corrected chi connectivity index (χ2v) is 6.52. The molecule has 0 amide bonds. The van der Waals surface area contributed by atoms with Crippen molar-refractivity contribution in [2.45, 2.75) is 6.92 Å². The smallest absolute Gasteiger partial charge is 0.254 e. The summed E-state index contributed by atoms with van der Waals surface area (Å²) in [5, 5.41) is -0.598. The van der Waals surface area contributed by atoms with Gasteiger partial charge in [-0.2, -0.15) is 0 Å². The Morgan fingerprint density at radius 3 is 1.88 bits per heavy atom. The van der Waals surface area contributed by atoms with E-state index in [-0.39, 0.29) is 5.78 Å². The summed E-state index contributed by atoms with van der Waals surface area (Å²) in [6.07, 6.45) is 0. The number of ketones is 1. The summed E-state index contributed by atoms with van der Waals surface area (Å²) in [6.45, 7) is 1.44. The van der Waals surface area contributed by atoms with E-state index in [0.29, 0.717) is 27.5 Å². The SMILES string of the molecule is CC(=O)c1c(I)c(N)c(I)c(C(=O)Cl)c1I. The van der Waals surface area contributed by atoms with Gasteiger partial charge in [0.05, 0.1) is 14.8 Å². The summed E-state index contributed by atoms with van der Waals surface area (Å²) in [4.78, 5) is 22.8. The molecule has 0 fully saturated rings. The molecule has 0 atom stereocenters. The van der Waals surface area contributed by atoms with Crippen molar-refractivity contribution in [2.24, 2.45) is 0 Å². The van der Waals surface area contributed by atoms with E-state index >= 15 is 0 Å². The molecular formula is C9H5ClI3NO2. The molecule has 0 saturated carbocycles. The number of carbonyl (C=O) groups excluding carboxylic acids is 2. The van der Waals surface area contributed by atoms with Crippen LogP contribution in [-0.2, 0) is 0 Å². The lowest BCUT2D eigenvalue weighted by atomic mass is 10.1. The molecule has 2 N–H and O–H groups in total. The van der Waals surface area contributed by atoms with Crippen LogP contribution in [0.4, 0.5) is 5.69 Å². The zero-order valence-corrected chi connectivity index (χ0v) is 15.1. The number of Topliss-reactive ketones (excluding diaryl/α,β-unsaturated/α-hetero) is 1. The Balaban J connectivity index is 3.80. The van der Waals surface area contributed by atoms with Gasteiger partial charge in [-0.3, -0.25) is 9.59 Å². The standard InChI is InChI=1S/C9H5ClI3NO2/c1-2(15)3-5(11)4(9(10)16)7(13)8(14)6(3)12/h14H2,1H3. The van der Waals surface area contributed by atoms with E-state index in [2.05, 4.69) is 0 Å². The van der Waals surface area contributed by atoms with E-state index in [9.17, 15) is 9.59 Å². The van der Waals surface area contributed by atoms with E-state index in [1.54, 1.807) is 0 Å². The van der Waals surface area contributed by atoms with Crippen LogP contribution in [0.3, 0.4) is 0 Å². The lowest BCUT2D eigenvalue weighted by Crippen LogP contribution is -2.12. The number of hydrogen-bond donors (Lipinski definition) is 1. The van der Waals surface area contributed by atoms with E-state index in [1.165, 1.54) is 6.92 Å². The summed E-state index contributed by atoms with van der Waals surface area (Å²) < 4.78 is 1.82. The quantitative estimate of drug-likeness (QED) is 0.254. The first-order valence-corrected chi connectivity index (χ1v) is 7.57. The molecule has 0 aliphatic rings. The highest BCUT2D eigenvalue weighted by molar-refractivity contribution is 14.1. The van der Waals surface area contributed by atoms with Crippen molar-refractivity contribution in [3.63, 3.8) is 0 Å². The number of benzene rings is 1. The summed E-state index contributed by atoms with van der Waals surface area (Å²) in [6, 6.07) is 0. The van der Waals surface area contributed by atoms with Crippen molar-refractivity contribution in [2.75, 3.05) is 5.73 Å². The van der Waals surface area contributed by atoms with Crippen LogP contribution >= 0.6 is 79.4 Å². The number of halogens is 4. The maximum atomic E-state index is 11.5. The van der Waals surface area contributed by atoms with Gasteiger partial charge in [-0.25, -0.2) is 0 Å². The fourth-order valence-corrected chi connectivity index (χ4v) is 6.09. The summed E-state index contributed by atoms with van der Waals surface area (Å²) in [7, 11) is 0.